The van der Waals surface area contributed by atoms with Crippen LogP contribution in [-0.2, 0) is 11.3 Å². The molecule has 1 heterocycles. The molecule has 0 amide bonds. The van der Waals surface area contributed by atoms with Crippen LogP contribution in [0.3, 0.4) is 0 Å². The van der Waals surface area contributed by atoms with Gasteiger partial charge in [0.2, 0.25) is 0 Å². The fourth-order valence-electron chi connectivity index (χ4n) is 2.42. The third kappa shape index (κ3) is 4.18. The van der Waals surface area contributed by atoms with Crippen LogP contribution in [0.15, 0.2) is 12.1 Å². The highest BCUT2D eigenvalue weighted by atomic mass is 35.5. The zero-order valence-corrected chi connectivity index (χ0v) is 12.5. The van der Waals surface area contributed by atoms with Gasteiger partial charge in [-0.05, 0) is 31.5 Å². The predicted molar refractivity (Wildman–Crippen MR) is 77.9 cm³/mol. The number of rotatable bonds is 7. The van der Waals surface area contributed by atoms with Crippen molar-refractivity contribution in [1.29, 1.82) is 0 Å². The fraction of sp³-hybridized carbons (Fsp3) is 0.615. The highest BCUT2D eigenvalue weighted by Gasteiger charge is 2.33. The number of thiophene rings is 1. The lowest BCUT2D eigenvalue weighted by atomic mass is 9.85. The van der Waals surface area contributed by atoms with Gasteiger partial charge in [0.1, 0.15) is 0 Å². The van der Waals surface area contributed by atoms with E-state index < -0.39 is 5.97 Å². The molecule has 1 aromatic rings. The third-order valence-corrected chi connectivity index (χ3v) is 4.80. The molecule has 106 valence electrons. The Labute approximate surface area is 122 Å². The fourth-order valence-corrected chi connectivity index (χ4v) is 3.46. The van der Waals surface area contributed by atoms with Gasteiger partial charge in [-0.25, -0.2) is 0 Å². The molecular formula is C13H19ClN2O2S. The molecule has 0 spiro atoms. The third-order valence-electron chi connectivity index (χ3n) is 3.57. The van der Waals surface area contributed by atoms with Gasteiger partial charge in [0, 0.05) is 23.5 Å². The van der Waals surface area contributed by atoms with E-state index in [2.05, 4.69) is 5.32 Å². The van der Waals surface area contributed by atoms with Crippen molar-refractivity contribution in [2.45, 2.75) is 38.4 Å². The van der Waals surface area contributed by atoms with Crippen LogP contribution < -0.4 is 5.32 Å². The van der Waals surface area contributed by atoms with Gasteiger partial charge in [0.05, 0.1) is 10.9 Å². The molecule has 1 aliphatic rings. The van der Waals surface area contributed by atoms with Gasteiger partial charge in [-0.3, -0.25) is 9.69 Å². The summed E-state index contributed by atoms with van der Waals surface area (Å²) in [6, 6.07) is 4.86. The van der Waals surface area contributed by atoms with Crippen molar-refractivity contribution in [3.05, 3.63) is 21.3 Å². The van der Waals surface area contributed by atoms with Gasteiger partial charge in [0.15, 0.2) is 0 Å². The molecule has 1 aromatic heterocycles. The molecule has 0 radical (unpaired) electrons. The van der Waals surface area contributed by atoms with Crippen molar-refractivity contribution in [2.75, 3.05) is 13.1 Å². The average Bonchev–Trinajstić information content (AvgIpc) is 2.71. The zero-order valence-electron chi connectivity index (χ0n) is 10.9. The van der Waals surface area contributed by atoms with E-state index in [-0.39, 0.29) is 6.54 Å². The number of likely N-dealkylation sites (N-methyl/N-ethyl adjacent to an activating group) is 1. The Morgan fingerprint density at radius 1 is 1.58 bits per heavy atom. The lowest BCUT2D eigenvalue weighted by molar-refractivity contribution is -0.139. The number of halogens is 1. The van der Waals surface area contributed by atoms with Crippen molar-refractivity contribution in [2.24, 2.45) is 0 Å². The molecule has 2 N–H and O–H groups in total. The Kier molecular flexibility index (Phi) is 5.21. The second kappa shape index (κ2) is 6.70. The van der Waals surface area contributed by atoms with Crippen LogP contribution in [0, 0.1) is 0 Å². The Hall–Kier alpha value is -0.620. The monoisotopic (exact) mass is 302 g/mol. The molecule has 19 heavy (non-hydrogen) atoms. The first kappa shape index (κ1) is 14.8. The van der Waals surface area contributed by atoms with E-state index in [0.717, 1.165) is 30.3 Å². The predicted octanol–water partition coefficient (Wildman–Crippen LogP) is 2.43. The molecule has 4 nitrogen and oxygen atoms in total. The molecular weight excluding hydrogens is 284 g/mol. The van der Waals surface area contributed by atoms with E-state index in [4.69, 9.17) is 16.7 Å². The number of hydrogen-bond acceptors (Lipinski definition) is 4. The Bertz CT molecular complexity index is 432. The van der Waals surface area contributed by atoms with Crippen LogP contribution in [-0.4, -0.2) is 41.1 Å². The van der Waals surface area contributed by atoms with Crippen LogP contribution in [0.4, 0.5) is 0 Å². The summed E-state index contributed by atoms with van der Waals surface area (Å²) in [5.74, 6) is -0.744. The second-order valence-corrected chi connectivity index (χ2v) is 6.67. The number of nitrogens with one attached hydrogen (secondary N) is 1. The van der Waals surface area contributed by atoms with Gasteiger partial charge in [-0.1, -0.05) is 18.5 Å². The van der Waals surface area contributed by atoms with Crippen LogP contribution in [0.5, 0.6) is 0 Å². The van der Waals surface area contributed by atoms with Crippen molar-refractivity contribution >= 4 is 28.9 Å². The van der Waals surface area contributed by atoms with E-state index in [1.807, 2.05) is 24.0 Å². The summed E-state index contributed by atoms with van der Waals surface area (Å²) in [6.07, 6.45) is 2.06. The van der Waals surface area contributed by atoms with Gasteiger partial charge < -0.3 is 10.4 Å². The number of carbonyl (C=O) groups is 1. The van der Waals surface area contributed by atoms with E-state index in [1.54, 1.807) is 11.3 Å². The van der Waals surface area contributed by atoms with E-state index >= 15 is 0 Å². The van der Waals surface area contributed by atoms with Crippen molar-refractivity contribution in [3.8, 4) is 0 Å². The van der Waals surface area contributed by atoms with Crippen LogP contribution in [0.1, 0.15) is 24.6 Å². The maximum atomic E-state index is 10.7. The summed E-state index contributed by atoms with van der Waals surface area (Å²) < 4.78 is 0.821. The van der Waals surface area contributed by atoms with Gasteiger partial charge in [0.25, 0.3) is 0 Å². The van der Waals surface area contributed by atoms with Gasteiger partial charge in [-0.2, -0.15) is 0 Å². The zero-order chi connectivity index (χ0) is 13.8. The van der Waals surface area contributed by atoms with Crippen LogP contribution in [0.2, 0.25) is 4.34 Å². The van der Waals surface area contributed by atoms with Crippen molar-refractivity contribution in [1.82, 2.24) is 10.2 Å². The quantitative estimate of drug-likeness (QED) is 0.812. The highest BCUT2D eigenvalue weighted by molar-refractivity contribution is 7.16. The number of hydrogen-bond donors (Lipinski definition) is 2. The SMILES string of the molecule is CCN(CC(=O)O)C1CC(NCc2ccc(Cl)s2)C1. The first-order valence-corrected chi connectivity index (χ1v) is 7.71. The van der Waals surface area contributed by atoms with Crippen molar-refractivity contribution < 1.29 is 9.90 Å². The van der Waals surface area contributed by atoms with Gasteiger partial charge >= 0.3 is 5.97 Å². The highest BCUT2D eigenvalue weighted by Crippen LogP contribution is 2.27. The summed E-state index contributed by atoms with van der Waals surface area (Å²) in [5, 5.41) is 12.3. The standard InChI is InChI=1S/C13H19ClN2O2S/c1-2-16(8-13(17)18)10-5-9(6-10)15-7-11-3-4-12(14)19-11/h3-4,9-10,15H,2,5-8H2,1H3,(H,17,18). The maximum Gasteiger partial charge on any atom is 0.317 e. The first-order chi connectivity index (χ1) is 9.08. The molecule has 1 aliphatic carbocycles. The molecule has 1 saturated carbocycles. The molecule has 0 aromatic carbocycles. The largest absolute Gasteiger partial charge is 0.480 e. The van der Waals surface area contributed by atoms with Crippen LogP contribution >= 0.6 is 22.9 Å². The molecule has 0 unspecified atom stereocenters. The first-order valence-electron chi connectivity index (χ1n) is 6.52. The average molecular weight is 303 g/mol. The number of aliphatic carboxylic acids is 1. The lowest BCUT2D eigenvalue weighted by Gasteiger charge is -2.42. The molecule has 0 saturated heterocycles. The van der Waals surface area contributed by atoms with Gasteiger partial charge in [-0.15, -0.1) is 11.3 Å². The molecule has 0 aliphatic heterocycles. The summed E-state index contributed by atoms with van der Waals surface area (Å²) in [4.78, 5) is 14.0. The summed E-state index contributed by atoms with van der Waals surface area (Å²) in [6.45, 7) is 3.80. The van der Waals surface area contributed by atoms with E-state index in [9.17, 15) is 4.79 Å². The molecule has 2 rings (SSSR count). The second-order valence-electron chi connectivity index (χ2n) is 4.87. The number of carboxylic acids is 1. The van der Waals surface area contributed by atoms with Crippen molar-refractivity contribution in [3.63, 3.8) is 0 Å². The maximum absolute atomic E-state index is 10.7. The molecule has 0 atom stereocenters. The van der Waals surface area contributed by atoms with E-state index in [0.29, 0.717) is 12.1 Å². The topological polar surface area (TPSA) is 52.6 Å². The lowest BCUT2D eigenvalue weighted by Crippen LogP contribution is -2.53. The smallest absolute Gasteiger partial charge is 0.317 e. The number of nitrogens with zero attached hydrogens (tertiary/aromatic N) is 1. The van der Waals surface area contributed by atoms with Crippen LogP contribution in [0.25, 0.3) is 0 Å². The van der Waals surface area contributed by atoms with E-state index in [1.165, 1.54) is 4.88 Å². The minimum Gasteiger partial charge on any atom is -0.480 e. The minimum atomic E-state index is -0.744. The minimum absolute atomic E-state index is 0.147. The summed E-state index contributed by atoms with van der Waals surface area (Å²) >= 11 is 7.48. The normalized spacial score (nSPS) is 22.5. The molecule has 1 fully saturated rings. The Morgan fingerprint density at radius 2 is 2.32 bits per heavy atom. The summed E-state index contributed by atoms with van der Waals surface area (Å²) in [7, 11) is 0. The Balaban J connectivity index is 1.69. The molecule has 0 bridgehead atoms. The molecule has 6 heteroatoms. The Morgan fingerprint density at radius 3 is 2.84 bits per heavy atom. The number of carboxylic acid groups (broad SMARTS) is 1. The summed E-state index contributed by atoms with van der Waals surface area (Å²) in [5.41, 5.74) is 0.